The normalized spacial score (nSPS) is 16.0. The van der Waals surface area contributed by atoms with Crippen molar-refractivity contribution in [1.82, 2.24) is 9.62 Å². The van der Waals surface area contributed by atoms with Crippen LogP contribution in [0.1, 0.15) is 24.5 Å². The number of nitrogens with one attached hydrogen (secondary N) is 1. The van der Waals surface area contributed by atoms with Crippen LogP contribution in [-0.4, -0.2) is 45.5 Å². The van der Waals surface area contributed by atoms with Gasteiger partial charge >= 0.3 is 0 Å². The minimum absolute atomic E-state index is 0.0656. The molecule has 0 radical (unpaired) electrons. The van der Waals surface area contributed by atoms with Gasteiger partial charge in [-0.25, -0.2) is 8.42 Å². The van der Waals surface area contributed by atoms with Crippen molar-refractivity contribution in [3.8, 4) is 5.75 Å². The topological polar surface area (TPSA) is 58.6 Å². The molecule has 1 heterocycles. The lowest BCUT2D eigenvalue weighted by Gasteiger charge is -2.37. The Morgan fingerprint density at radius 1 is 1.29 bits per heavy atom. The lowest BCUT2D eigenvalue weighted by atomic mass is 10.1. The molecule has 0 amide bonds. The first-order valence-electron chi connectivity index (χ1n) is 7.29. The lowest BCUT2D eigenvalue weighted by Crippen LogP contribution is -2.59. The Morgan fingerprint density at radius 2 is 1.86 bits per heavy atom. The lowest BCUT2D eigenvalue weighted by molar-refractivity contribution is 0.241. The van der Waals surface area contributed by atoms with Crippen molar-refractivity contribution in [2.24, 2.45) is 0 Å². The Kier molecular flexibility index (Phi) is 4.91. The van der Waals surface area contributed by atoms with Crippen LogP contribution in [0.15, 0.2) is 17.0 Å². The monoisotopic (exact) mass is 312 g/mol. The minimum atomic E-state index is -3.47. The number of hydrogen-bond donors (Lipinski definition) is 1. The number of nitrogens with zero attached hydrogens (tertiary/aromatic N) is 1. The van der Waals surface area contributed by atoms with Gasteiger partial charge in [-0.2, -0.15) is 4.31 Å². The van der Waals surface area contributed by atoms with Crippen LogP contribution in [0.2, 0.25) is 0 Å². The molecule has 0 aromatic heterocycles. The van der Waals surface area contributed by atoms with Crippen LogP contribution in [0.25, 0.3) is 0 Å². The fraction of sp³-hybridized carbons (Fsp3) is 0.600. The number of rotatable bonds is 6. The summed E-state index contributed by atoms with van der Waals surface area (Å²) >= 11 is 0. The van der Waals surface area contributed by atoms with Crippen LogP contribution in [0, 0.1) is 13.8 Å². The standard InChI is InChI=1S/C15H24N2O3S/c1-5-6-17(13-9-16-10-13)21(18,19)15-11(2)7-14(20-4)8-12(15)3/h7-8,13,16H,5-6,9-10H2,1-4H3. The van der Waals surface area contributed by atoms with E-state index < -0.39 is 10.0 Å². The zero-order valence-electron chi connectivity index (χ0n) is 13.1. The van der Waals surface area contributed by atoms with E-state index in [-0.39, 0.29) is 6.04 Å². The highest BCUT2D eigenvalue weighted by atomic mass is 32.2. The van der Waals surface area contributed by atoms with Gasteiger partial charge in [-0.1, -0.05) is 6.92 Å². The Labute approximate surface area is 127 Å². The molecular weight excluding hydrogens is 288 g/mol. The largest absolute Gasteiger partial charge is 0.497 e. The fourth-order valence-electron chi connectivity index (χ4n) is 2.75. The zero-order valence-corrected chi connectivity index (χ0v) is 14.0. The summed E-state index contributed by atoms with van der Waals surface area (Å²) in [6.45, 7) is 7.67. The van der Waals surface area contributed by atoms with E-state index in [4.69, 9.17) is 4.74 Å². The molecule has 0 unspecified atom stereocenters. The van der Waals surface area contributed by atoms with E-state index in [1.54, 1.807) is 23.5 Å². The van der Waals surface area contributed by atoms with Crippen LogP contribution in [0.3, 0.4) is 0 Å². The molecule has 1 aromatic carbocycles. The van der Waals surface area contributed by atoms with E-state index in [1.165, 1.54) is 0 Å². The summed E-state index contributed by atoms with van der Waals surface area (Å²) < 4.78 is 33.0. The maximum atomic E-state index is 13.1. The highest BCUT2D eigenvalue weighted by molar-refractivity contribution is 7.89. The maximum Gasteiger partial charge on any atom is 0.243 e. The molecule has 1 saturated heterocycles. The smallest absolute Gasteiger partial charge is 0.243 e. The van der Waals surface area contributed by atoms with Gasteiger partial charge in [0.1, 0.15) is 5.75 Å². The Balaban J connectivity index is 2.46. The molecule has 1 aromatic rings. The van der Waals surface area contributed by atoms with Gasteiger partial charge in [-0.15, -0.1) is 0 Å². The van der Waals surface area contributed by atoms with Crippen molar-refractivity contribution >= 4 is 10.0 Å². The number of hydrogen-bond acceptors (Lipinski definition) is 4. The van der Waals surface area contributed by atoms with Gasteiger partial charge in [-0.05, 0) is 43.5 Å². The van der Waals surface area contributed by atoms with Crippen molar-refractivity contribution in [3.05, 3.63) is 23.3 Å². The van der Waals surface area contributed by atoms with E-state index in [1.807, 2.05) is 20.8 Å². The summed E-state index contributed by atoms with van der Waals surface area (Å²) in [6, 6.07) is 3.63. The molecule has 1 fully saturated rings. The highest BCUT2D eigenvalue weighted by Gasteiger charge is 2.35. The SMILES string of the molecule is CCCN(C1CNC1)S(=O)(=O)c1c(C)cc(OC)cc1C. The first kappa shape index (κ1) is 16.3. The molecular formula is C15H24N2O3S. The number of methoxy groups -OCH3 is 1. The zero-order chi connectivity index (χ0) is 15.6. The predicted octanol–water partition coefficient (Wildman–Crippen LogP) is 1.68. The molecule has 2 rings (SSSR count). The number of benzene rings is 1. The van der Waals surface area contributed by atoms with E-state index >= 15 is 0 Å². The second-order valence-electron chi connectivity index (χ2n) is 5.52. The number of aryl methyl sites for hydroxylation is 2. The van der Waals surface area contributed by atoms with E-state index in [2.05, 4.69) is 5.32 Å². The number of ether oxygens (including phenoxy) is 1. The van der Waals surface area contributed by atoms with Gasteiger partial charge in [0.25, 0.3) is 0 Å². The summed E-state index contributed by atoms with van der Waals surface area (Å²) in [5.74, 6) is 0.691. The molecule has 0 aliphatic carbocycles. The first-order valence-corrected chi connectivity index (χ1v) is 8.73. The molecule has 6 heteroatoms. The van der Waals surface area contributed by atoms with Crippen LogP contribution < -0.4 is 10.1 Å². The molecule has 1 N–H and O–H groups in total. The minimum Gasteiger partial charge on any atom is -0.497 e. The maximum absolute atomic E-state index is 13.1. The van der Waals surface area contributed by atoms with Gasteiger partial charge in [0.15, 0.2) is 0 Å². The third kappa shape index (κ3) is 3.07. The highest BCUT2D eigenvalue weighted by Crippen LogP contribution is 2.29. The predicted molar refractivity (Wildman–Crippen MR) is 83.3 cm³/mol. The third-order valence-electron chi connectivity index (χ3n) is 3.85. The van der Waals surface area contributed by atoms with Crippen molar-refractivity contribution in [2.75, 3.05) is 26.7 Å². The summed E-state index contributed by atoms with van der Waals surface area (Å²) in [5.41, 5.74) is 1.47. The first-order chi connectivity index (χ1) is 9.91. The van der Waals surface area contributed by atoms with Crippen LogP contribution in [-0.2, 0) is 10.0 Å². The summed E-state index contributed by atoms with van der Waals surface area (Å²) in [7, 11) is -1.88. The summed E-state index contributed by atoms with van der Waals surface area (Å²) in [5, 5.41) is 3.15. The molecule has 0 saturated carbocycles. The number of sulfonamides is 1. The fourth-order valence-corrected chi connectivity index (χ4v) is 4.88. The van der Waals surface area contributed by atoms with Crippen molar-refractivity contribution in [3.63, 3.8) is 0 Å². The van der Waals surface area contributed by atoms with Crippen LogP contribution in [0.5, 0.6) is 5.75 Å². The van der Waals surface area contributed by atoms with Gasteiger partial charge in [0.2, 0.25) is 10.0 Å². The second-order valence-corrected chi connectivity index (χ2v) is 7.35. The van der Waals surface area contributed by atoms with E-state index in [9.17, 15) is 8.42 Å². The van der Waals surface area contributed by atoms with Crippen LogP contribution in [0.4, 0.5) is 0 Å². The summed E-state index contributed by atoms with van der Waals surface area (Å²) in [6.07, 6.45) is 0.810. The average molecular weight is 312 g/mol. The van der Waals surface area contributed by atoms with E-state index in [0.29, 0.717) is 17.2 Å². The Hall–Kier alpha value is -1.11. The van der Waals surface area contributed by atoms with Gasteiger partial charge in [0, 0.05) is 19.6 Å². The van der Waals surface area contributed by atoms with Gasteiger partial charge < -0.3 is 10.1 Å². The molecule has 5 nitrogen and oxygen atoms in total. The Morgan fingerprint density at radius 3 is 2.24 bits per heavy atom. The molecule has 0 atom stereocenters. The quantitative estimate of drug-likeness (QED) is 0.868. The molecule has 21 heavy (non-hydrogen) atoms. The van der Waals surface area contributed by atoms with Crippen molar-refractivity contribution < 1.29 is 13.2 Å². The molecule has 1 aliphatic rings. The second kappa shape index (κ2) is 6.34. The molecule has 118 valence electrons. The van der Waals surface area contributed by atoms with Gasteiger partial charge in [-0.3, -0.25) is 0 Å². The summed E-state index contributed by atoms with van der Waals surface area (Å²) in [4.78, 5) is 0.420. The van der Waals surface area contributed by atoms with Crippen LogP contribution >= 0.6 is 0 Å². The Bertz CT molecular complexity index is 586. The van der Waals surface area contributed by atoms with E-state index in [0.717, 1.165) is 30.6 Å². The average Bonchev–Trinajstić information content (AvgIpc) is 2.34. The molecule has 0 bridgehead atoms. The van der Waals surface area contributed by atoms with Crippen molar-refractivity contribution in [1.29, 1.82) is 0 Å². The molecule has 1 aliphatic heterocycles. The third-order valence-corrected chi connectivity index (χ3v) is 6.11. The molecule has 0 spiro atoms. The van der Waals surface area contributed by atoms with Gasteiger partial charge in [0.05, 0.1) is 18.0 Å². The van der Waals surface area contributed by atoms with Crippen molar-refractivity contribution in [2.45, 2.75) is 38.1 Å².